The Morgan fingerprint density at radius 3 is 2.39 bits per heavy atom. The molecule has 0 bridgehead atoms. The number of para-hydroxylation sites is 1. The molecule has 0 atom stereocenters. The van der Waals surface area contributed by atoms with Crippen molar-refractivity contribution in [3.63, 3.8) is 0 Å². The molecule has 7 nitrogen and oxygen atoms in total. The largest absolute Gasteiger partial charge is 0.340 e. The Morgan fingerprint density at radius 2 is 1.65 bits per heavy atom. The third-order valence-electron chi connectivity index (χ3n) is 4.71. The van der Waals surface area contributed by atoms with Crippen LogP contribution in [-0.4, -0.2) is 28.2 Å². The lowest BCUT2D eigenvalue weighted by Crippen LogP contribution is -2.05. The fourth-order valence-corrected chi connectivity index (χ4v) is 4.57. The molecule has 10 heteroatoms. The molecule has 0 unspecified atom stereocenters. The predicted molar refractivity (Wildman–Crippen MR) is 115 cm³/mol. The minimum atomic E-state index is -4.00. The number of hydrogen-bond donors (Lipinski definition) is 1. The number of hydrogen-bond acceptors (Lipinski definition) is 6. The third kappa shape index (κ3) is 3.37. The summed E-state index contributed by atoms with van der Waals surface area (Å²) in [5.41, 5.74) is 1.28. The number of fused-ring (bicyclic) bond motifs is 3. The molecule has 0 aliphatic heterocycles. The molecule has 0 saturated carbocycles. The van der Waals surface area contributed by atoms with Gasteiger partial charge in [-0.05, 0) is 60.7 Å². The second kappa shape index (κ2) is 7.29. The van der Waals surface area contributed by atoms with Gasteiger partial charge < -0.3 is 5.32 Å². The maximum atomic E-state index is 13.3. The van der Waals surface area contributed by atoms with Crippen LogP contribution in [0.15, 0.2) is 82.7 Å². The molecular weight excluding hydrogens is 441 g/mol. The van der Waals surface area contributed by atoms with Gasteiger partial charge in [0.25, 0.3) is 0 Å². The fourth-order valence-electron chi connectivity index (χ4n) is 3.21. The highest BCUT2D eigenvalue weighted by Gasteiger charge is 2.27. The van der Waals surface area contributed by atoms with Crippen molar-refractivity contribution in [2.24, 2.45) is 0 Å². The van der Waals surface area contributed by atoms with Crippen molar-refractivity contribution in [3.05, 3.63) is 83.6 Å². The number of sulfone groups is 1. The molecule has 0 saturated heterocycles. The highest BCUT2D eigenvalue weighted by Crippen LogP contribution is 2.29. The molecular formula is C21H13ClFN5O2S. The van der Waals surface area contributed by atoms with Crippen molar-refractivity contribution >= 4 is 49.5 Å². The van der Waals surface area contributed by atoms with E-state index in [1.165, 1.54) is 40.9 Å². The normalized spacial score (nSPS) is 11.8. The SMILES string of the molecule is O=S(=O)(c1ccc(Cl)cc1)c1nnn2c1nc(Nc1ccc(F)cc1)c1ccccc12. The monoisotopic (exact) mass is 453 g/mol. The first-order chi connectivity index (χ1) is 14.9. The summed E-state index contributed by atoms with van der Waals surface area (Å²) in [5, 5.41) is 11.9. The van der Waals surface area contributed by atoms with E-state index in [1.807, 2.05) is 12.1 Å². The molecule has 5 rings (SSSR count). The van der Waals surface area contributed by atoms with Gasteiger partial charge in [-0.15, -0.1) is 5.10 Å². The molecule has 154 valence electrons. The van der Waals surface area contributed by atoms with Crippen molar-refractivity contribution < 1.29 is 12.8 Å². The number of rotatable bonds is 4. The summed E-state index contributed by atoms with van der Waals surface area (Å²) in [5.74, 6) is 0.0275. The van der Waals surface area contributed by atoms with Crippen LogP contribution >= 0.6 is 11.6 Å². The molecule has 0 amide bonds. The van der Waals surface area contributed by atoms with Crippen molar-refractivity contribution in [2.45, 2.75) is 9.92 Å². The van der Waals surface area contributed by atoms with Gasteiger partial charge in [0.2, 0.25) is 14.9 Å². The smallest absolute Gasteiger partial charge is 0.229 e. The zero-order valence-electron chi connectivity index (χ0n) is 15.7. The summed E-state index contributed by atoms with van der Waals surface area (Å²) < 4.78 is 41.1. The van der Waals surface area contributed by atoms with E-state index in [0.29, 0.717) is 27.4 Å². The van der Waals surface area contributed by atoms with Crippen molar-refractivity contribution in [1.82, 2.24) is 19.8 Å². The van der Waals surface area contributed by atoms with Crippen LogP contribution in [0.3, 0.4) is 0 Å². The average Bonchev–Trinajstić information content (AvgIpc) is 3.21. The highest BCUT2D eigenvalue weighted by atomic mass is 35.5. The van der Waals surface area contributed by atoms with E-state index in [1.54, 1.807) is 24.3 Å². The van der Waals surface area contributed by atoms with Crippen LogP contribution in [0.1, 0.15) is 0 Å². The summed E-state index contributed by atoms with van der Waals surface area (Å²) in [4.78, 5) is 4.55. The van der Waals surface area contributed by atoms with Gasteiger partial charge in [0.15, 0.2) is 5.65 Å². The van der Waals surface area contributed by atoms with Crippen LogP contribution in [0.4, 0.5) is 15.9 Å². The van der Waals surface area contributed by atoms with Gasteiger partial charge in [0.1, 0.15) is 11.6 Å². The number of halogens is 2. The van der Waals surface area contributed by atoms with Crippen LogP contribution < -0.4 is 5.32 Å². The lowest BCUT2D eigenvalue weighted by atomic mass is 10.2. The number of nitrogens with zero attached hydrogens (tertiary/aromatic N) is 4. The van der Waals surface area contributed by atoms with Gasteiger partial charge in [-0.2, -0.15) is 4.52 Å². The second-order valence-corrected chi connectivity index (χ2v) is 9.00. The van der Waals surface area contributed by atoms with E-state index >= 15 is 0 Å². The van der Waals surface area contributed by atoms with Gasteiger partial charge >= 0.3 is 0 Å². The summed E-state index contributed by atoms with van der Waals surface area (Å²) >= 11 is 5.88. The zero-order valence-corrected chi connectivity index (χ0v) is 17.3. The van der Waals surface area contributed by atoms with E-state index in [0.717, 1.165) is 0 Å². The first-order valence-electron chi connectivity index (χ1n) is 9.11. The van der Waals surface area contributed by atoms with Gasteiger partial charge in [-0.3, -0.25) is 0 Å². The van der Waals surface area contributed by atoms with E-state index < -0.39 is 9.84 Å². The molecule has 5 aromatic rings. The summed E-state index contributed by atoms with van der Waals surface area (Å²) in [6.07, 6.45) is 0. The predicted octanol–water partition coefficient (Wildman–Crippen LogP) is 4.65. The van der Waals surface area contributed by atoms with Gasteiger partial charge in [0, 0.05) is 16.1 Å². The van der Waals surface area contributed by atoms with Crippen molar-refractivity contribution in [2.75, 3.05) is 5.32 Å². The Bertz CT molecular complexity index is 1530. The second-order valence-electron chi connectivity index (χ2n) is 6.70. The van der Waals surface area contributed by atoms with Gasteiger partial charge in [0.05, 0.1) is 10.4 Å². The molecule has 31 heavy (non-hydrogen) atoms. The summed E-state index contributed by atoms with van der Waals surface area (Å²) in [6, 6.07) is 18.8. The Hall–Kier alpha value is -3.56. The minimum Gasteiger partial charge on any atom is -0.340 e. The van der Waals surface area contributed by atoms with Crippen LogP contribution in [0, 0.1) is 5.82 Å². The topological polar surface area (TPSA) is 89.2 Å². The van der Waals surface area contributed by atoms with Crippen LogP contribution in [0.5, 0.6) is 0 Å². The van der Waals surface area contributed by atoms with Crippen LogP contribution in [0.2, 0.25) is 5.02 Å². The quantitative estimate of drug-likeness (QED) is 0.426. The van der Waals surface area contributed by atoms with Crippen molar-refractivity contribution in [1.29, 1.82) is 0 Å². The molecule has 0 aliphatic rings. The van der Waals surface area contributed by atoms with E-state index in [9.17, 15) is 12.8 Å². The summed E-state index contributed by atoms with van der Waals surface area (Å²) in [6.45, 7) is 0. The number of benzene rings is 3. The highest BCUT2D eigenvalue weighted by molar-refractivity contribution is 7.91. The zero-order chi connectivity index (χ0) is 21.6. The Labute approximate surface area is 181 Å². The third-order valence-corrected chi connectivity index (χ3v) is 6.63. The van der Waals surface area contributed by atoms with Gasteiger partial charge in [-0.1, -0.05) is 28.9 Å². The number of aromatic nitrogens is 4. The lowest BCUT2D eigenvalue weighted by molar-refractivity contribution is 0.592. The maximum absolute atomic E-state index is 13.3. The van der Waals surface area contributed by atoms with Crippen molar-refractivity contribution in [3.8, 4) is 0 Å². The molecule has 2 heterocycles. The molecule has 3 aromatic carbocycles. The molecule has 0 spiro atoms. The average molecular weight is 454 g/mol. The van der Waals surface area contributed by atoms with E-state index in [4.69, 9.17) is 11.6 Å². The molecule has 0 fully saturated rings. The summed E-state index contributed by atoms with van der Waals surface area (Å²) in [7, 11) is -4.00. The molecule has 0 aliphatic carbocycles. The first-order valence-corrected chi connectivity index (χ1v) is 11.0. The fraction of sp³-hybridized carbons (Fsp3) is 0. The van der Waals surface area contributed by atoms with Crippen LogP contribution in [0.25, 0.3) is 16.6 Å². The Kier molecular flexibility index (Phi) is 4.57. The maximum Gasteiger partial charge on any atom is 0.229 e. The van der Waals surface area contributed by atoms with E-state index in [2.05, 4.69) is 20.6 Å². The Balaban J connectivity index is 1.73. The van der Waals surface area contributed by atoms with E-state index in [-0.39, 0.29) is 21.4 Å². The number of nitrogens with one attached hydrogen (secondary N) is 1. The molecule has 0 radical (unpaired) electrons. The standard InChI is InChI=1S/C21H13ClFN5O2S/c22-13-5-11-16(12-6-13)31(29,30)21-20-25-19(24-15-9-7-14(23)8-10-15)17-3-1-2-4-18(17)28(20)27-26-21/h1-12H,(H,24,25). The number of anilines is 2. The lowest BCUT2D eigenvalue weighted by Gasteiger charge is -2.10. The van der Waals surface area contributed by atoms with Crippen LogP contribution in [-0.2, 0) is 9.84 Å². The molecule has 1 N–H and O–H groups in total. The minimum absolute atomic E-state index is 0.0299. The molecule has 2 aromatic heterocycles. The van der Waals surface area contributed by atoms with Gasteiger partial charge in [-0.25, -0.2) is 17.8 Å². The first kappa shape index (κ1) is 19.4. The Morgan fingerprint density at radius 1 is 0.935 bits per heavy atom.